The van der Waals surface area contributed by atoms with Gasteiger partial charge in [-0.3, -0.25) is 4.79 Å². The van der Waals surface area contributed by atoms with Crippen LogP contribution in [0.2, 0.25) is 0 Å². The first-order valence-electron chi connectivity index (χ1n) is 10.1. The number of rotatable bonds is 4. The minimum absolute atomic E-state index is 0.0983. The summed E-state index contributed by atoms with van der Waals surface area (Å²) in [6, 6.07) is 8.20. The van der Waals surface area contributed by atoms with Crippen LogP contribution in [0.4, 0.5) is 5.00 Å². The highest BCUT2D eigenvalue weighted by atomic mass is 32.1. The third kappa shape index (κ3) is 5.15. The zero-order valence-electron chi connectivity index (χ0n) is 17.6. The van der Waals surface area contributed by atoms with E-state index in [9.17, 15) is 9.59 Å². The van der Waals surface area contributed by atoms with E-state index in [1.165, 1.54) is 41.4 Å². The van der Waals surface area contributed by atoms with Crippen molar-refractivity contribution in [2.75, 3.05) is 12.4 Å². The lowest BCUT2D eigenvalue weighted by atomic mass is 9.87. The molecular formula is C24H29NO3S. The highest BCUT2D eigenvalue weighted by molar-refractivity contribution is 7.17. The molecule has 0 fully saturated rings. The first kappa shape index (κ1) is 21.3. The number of nitrogens with one attached hydrogen (secondary N) is 1. The van der Waals surface area contributed by atoms with Crippen LogP contribution in [0.5, 0.6) is 0 Å². The molecule has 0 bridgehead atoms. The number of ether oxygens (including phenoxy) is 1. The van der Waals surface area contributed by atoms with Crippen molar-refractivity contribution in [3.63, 3.8) is 0 Å². The molecule has 3 rings (SSSR count). The third-order valence-electron chi connectivity index (χ3n) is 5.25. The molecule has 0 atom stereocenters. The molecule has 5 heteroatoms. The molecule has 154 valence electrons. The van der Waals surface area contributed by atoms with Crippen molar-refractivity contribution < 1.29 is 14.3 Å². The fraction of sp³-hybridized carbons (Fsp3) is 0.417. The molecule has 0 aliphatic heterocycles. The van der Waals surface area contributed by atoms with Crippen LogP contribution < -0.4 is 5.32 Å². The summed E-state index contributed by atoms with van der Waals surface area (Å²) in [4.78, 5) is 26.1. The maximum atomic E-state index is 12.5. The third-order valence-corrected chi connectivity index (χ3v) is 6.46. The second-order valence-corrected chi connectivity index (χ2v) is 9.56. The second kappa shape index (κ2) is 8.95. The van der Waals surface area contributed by atoms with E-state index in [1.54, 1.807) is 6.08 Å². The minimum Gasteiger partial charge on any atom is -0.465 e. The Hall–Kier alpha value is -2.40. The number of aryl methyl sites for hydroxylation is 1. The van der Waals surface area contributed by atoms with E-state index in [0.29, 0.717) is 10.6 Å². The molecular weight excluding hydrogens is 382 g/mol. The molecule has 29 heavy (non-hydrogen) atoms. The first-order valence-corrected chi connectivity index (χ1v) is 10.9. The Morgan fingerprint density at radius 1 is 1.07 bits per heavy atom. The molecule has 2 aromatic rings. The smallest absolute Gasteiger partial charge is 0.341 e. The highest BCUT2D eigenvalue weighted by Gasteiger charge is 2.25. The fourth-order valence-corrected chi connectivity index (χ4v) is 4.85. The Bertz CT molecular complexity index is 917. The maximum Gasteiger partial charge on any atom is 0.341 e. The normalized spacial score (nSPS) is 14.3. The van der Waals surface area contributed by atoms with Crippen LogP contribution in [0.15, 0.2) is 30.3 Å². The van der Waals surface area contributed by atoms with Crippen molar-refractivity contribution in [2.45, 2.75) is 58.3 Å². The van der Waals surface area contributed by atoms with E-state index in [1.807, 2.05) is 12.1 Å². The molecule has 1 aliphatic rings. The van der Waals surface area contributed by atoms with E-state index in [0.717, 1.165) is 36.8 Å². The van der Waals surface area contributed by atoms with Gasteiger partial charge >= 0.3 is 5.97 Å². The number of benzene rings is 1. The SMILES string of the molecule is COC(=O)c1c(NC(=O)C=Cc2ccc(C(C)(C)C)cc2)sc2c1CCCCC2. The number of fused-ring (bicyclic) bond motifs is 1. The Morgan fingerprint density at radius 3 is 2.41 bits per heavy atom. The lowest BCUT2D eigenvalue weighted by Gasteiger charge is -2.18. The largest absolute Gasteiger partial charge is 0.465 e. The van der Waals surface area contributed by atoms with Crippen molar-refractivity contribution in [1.82, 2.24) is 0 Å². The quantitative estimate of drug-likeness (QED) is 0.396. The van der Waals surface area contributed by atoms with Crippen molar-refractivity contribution in [3.8, 4) is 0 Å². The summed E-state index contributed by atoms with van der Waals surface area (Å²) in [7, 11) is 1.38. The number of thiophene rings is 1. The van der Waals surface area contributed by atoms with Gasteiger partial charge in [-0.15, -0.1) is 11.3 Å². The van der Waals surface area contributed by atoms with Gasteiger partial charge in [-0.1, -0.05) is 51.5 Å². The van der Waals surface area contributed by atoms with Gasteiger partial charge in [0, 0.05) is 11.0 Å². The molecule has 1 aromatic heterocycles. The molecule has 0 spiro atoms. The van der Waals surface area contributed by atoms with Gasteiger partial charge in [0.15, 0.2) is 0 Å². The van der Waals surface area contributed by atoms with Crippen molar-refractivity contribution >= 4 is 34.3 Å². The lowest BCUT2D eigenvalue weighted by molar-refractivity contribution is -0.111. The van der Waals surface area contributed by atoms with Crippen LogP contribution >= 0.6 is 11.3 Å². The summed E-state index contributed by atoms with van der Waals surface area (Å²) in [6.07, 6.45) is 8.46. The van der Waals surface area contributed by atoms with Gasteiger partial charge in [0.05, 0.1) is 12.7 Å². The lowest BCUT2D eigenvalue weighted by Crippen LogP contribution is -2.12. The highest BCUT2D eigenvalue weighted by Crippen LogP contribution is 2.38. The van der Waals surface area contributed by atoms with Crippen LogP contribution in [0.3, 0.4) is 0 Å². The van der Waals surface area contributed by atoms with Crippen molar-refractivity contribution in [1.29, 1.82) is 0 Å². The Balaban J connectivity index is 1.76. The van der Waals surface area contributed by atoms with Crippen LogP contribution in [0.25, 0.3) is 6.08 Å². The molecule has 1 aromatic carbocycles. The predicted molar refractivity (Wildman–Crippen MR) is 120 cm³/mol. The number of amides is 1. The van der Waals surface area contributed by atoms with E-state index < -0.39 is 0 Å². The number of carbonyl (C=O) groups is 2. The Kier molecular flexibility index (Phi) is 6.58. The fourth-order valence-electron chi connectivity index (χ4n) is 3.57. The summed E-state index contributed by atoms with van der Waals surface area (Å²) >= 11 is 1.51. The van der Waals surface area contributed by atoms with E-state index in [2.05, 4.69) is 38.2 Å². The van der Waals surface area contributed by atoms with Gasteiger partial charge in [-0.25, -0.2) is 4.79 Å². The summed E-state index contributed by atoms with van der Waals surface area (Å²) < 4.78 is 4.99. The molecule has 1 heterocycles. The Morgan fingerprint density at radius 2 is 1.76 bits per heavy atom. The predicted octanol–water partition coefficient (Wildman–Crippen LogP) is 5.75. The van der Waals surface area contributed by atoms with Gasteiger partial charge in [-0.05, 0) is 53.9 Å². The summed E-state index contributed by atoms with van der Waals surface area (Å²) in [5.41, 5.74) is 3.90. The van der Waals surface area contributed by atoms with Gasteiger partial charge in [0.1, 0.15) is 5.00 Å². The molecule has 1 N–H and O–H groups in total. The molecule has 0 saturated heterocycles. The number of hydrogen-bond donors (Lipinski definition) is 1. The average Bonchev–Trinajstić information content (AvgIpc) is 2.85. The van der Waals surface area contributed by atoms with Gasteiger partial charge in [-0.2, -0.15) is 0 Å². The number of anilines is 1. The molecule has 0 radical (unpaired) electrons. The van der Waals surface area contributed by atoms with Crippen molar-refractivity contribution in [3.05, 3.63) is 57.5 Å². The van der Waals surface area contributed by atoms with Crippen LogP contribution in [0, 0.1) is 0 Å². The standard InChI is InChI=1S/C24H29NO3S/c1-24(2,3)17-13-10-16(11-14-17)12-15-20(26)25-22-21(23(27)28-4)18-8-6-5-7-9-19(18)29-22/h10-15H,5-9H2,1-4H3,(H,25,26). The van der Waals surface area contributed by atoms with Gasteiger partial charge < -0.3 is 10.1 Å². The second-order valence-electron chi connectivity index (χ2n) is 8.45. The topological polar surface area (TPSA) is 55.4 Å². The summed E-state index contributed by atoms with van der Waals surface area (Å²) in [5, 5.41) is 3.50. The van der Waals surface area contributed by atoms with Crippen LogP contribution in [-0.4, -0.2) is 19.0 Å². The van der Waals surface area contributed by atoms with Crippen LogP contribution in [0.1, 0.15) is 72.0 Å². The van der Waals surface area contributed by atoms with Gasteiger partial charge in [0.25, 0.3) is 0 Å². The number of hydrogen-bond acceptors (Lipinski definition) is 4. The van der Waals surface area contributed by atoms with E-state index >= 15 is 0 Å². The first-order chi connectivity index (χ1) is 13.8. The number of carbonyl (C=O) groups excluding carboxylic acids is 2. The average molecular weight is 412 g/mol. The molecule has 1 aliphatic carbocycles. The molecule has 4 nitrogen and oxygen atoms in total. The minimum atomic E-state index is -0.374. The van der Waals surface area contributed by atoms with Crippen LogP contribution in [-0.2, 0) is 27.8 Å². The monoisotopic (exact) mass is 411 g/mol. The molecule has 0 unspecified atom stereocenters. The van der Waals surface area contributed by atoms with Gasteiger partial charge in [0.2, 0.25) is 5.91 Å². The zero-order valence-corrected chi connectivity index (χ0v) is 18.4. The number of methoxy groups -OCH3 is 1. The summed E-state index contributed by atoms with van der Waals surface area (Å²) in [5.74, 6) is -0.618. The molecule has 1 amide bonds. The zero-order chi connectivity index (χ0) is 21.0. The van der Waals surface area contributed by atoms with E-state index in [4.69, 9.17) is 4.74 Å². The summed E-state index contributed by atoms with van der Waals surface area (Å²) in [6.45, 7) is 6.52. The van der Waals surface area contributed by atoms with Crippen molar-refractivity contribution in [2.24, 2.45) is 0 Å². The maximum absolute atomic E-state index is 12.5. The Labute approximate surface area is 177 Å². The number of esters is 1. The van der Waals surface area contributed by atoms with E-state index in [-0.39, 0.29) is 17.3 Å². The molecule has 0 saturated carbocycles.